The third-order valence-electron chi connectivity index (χ3n) is 3.20. The Morgan fingerprint density at radius 3 is 2.67 bits per heavy atom. The fourth-order valence-corrected chi connectivity index (χ4v) is 2.72. The Bertz CT molecular complexity index is 688. The zero-order valence-electron chi connectivity index (χ0n) is 11.7. The van der Waals surface area contributed by atoms with Crippen LogP contribution in [0.4, 0.5) is 9.93 Å². The third kappa shape index (κ3) is 2.98. The molecule has 2 amide bonds. The average molecular weight is 301 g/mol. The van der Waals surface area contributed by atoms with E-state index in [9.17, 15) is 4.79 Å². The van der Waals surface area contributed by atoms with Crippen LogP contribution in [-0.2, 0) is 5.41 Å². The molecule has 108 valence electrons. The van der Waals surface area contributed by atoms with Crippen LogP contribution >= 0.6 is 11.3 Å². The van der Waals surface area contributed by atoms with Crippen LogP contribution in [-0.4, -0.2) is 18.1 Å². The molecule has 0 fully saturated rings. The van der Waals surface area contributed by atoms with E-state index in [4.69, 9.17) is 16.9 Å². The molecule has 0 saturated heterocycles. The number of nitrogens with zero attached hydrogens (tertiary/aromatic N) is 1. The molecule has 0 bridgehead atoms. The maximum Gasteiger partial charge on any atom is 0.318 e. The molecule has 0 spiro atoms. The van der Waals surface area contributed by atoms with Crippen LogP contribution in [0.1, 0.15) is 18.2 Å². The average Bonchev–Trinajstić information content (AvgIpc) is 2.94. The smallest absolute Gasteiger partial charge is 0.318 e. The van der Waals surface area contributed by atoms with Crippen molar-refractivity contribution in [2.45, 2.75) is 12.3 Å². The van der Waals surface area contributed by atoms with Crippen LogP contribution in [0.5, 0.6) is 5.75 Å². The summed E-state index contributed by atoms with van der Waals surface area (Å²) in [6.45, 7) is 1.90. The Hall–Kier alpha value is -2.52. The van der Waals surface area contributed by atoms with Crippen molar-refractivity contribution in [2.24, 2.45) is 5.73 Å². The lowest BCUT2D eigenvalue weighted by Crippen LogP contribution is -2.23. The summed E-state index contributed by atoms with van der Waals surface area (Å²) in [6.07, 6.45) is 5.72. The predicted molar refractivity (Wildman–Crippen MR) is 83.6 cm³/mol. The van der Waals surface area contributed by atoms with E-state index in [-0.39, 0.29) is 0 Å². The molecule has 1 aromatic heterocycles. The number of thiazole rings is 1. The fourth-order valence-electron chi connectivity index (χ4n) is 1.90. The van der Waals surface area contributed by atoms with E-state index in [1.165, 1.54) is 11.3 Å². The molecule has 6 heteroatoms. The lowest BCUT2D eigenvalue weighted by atomic mass is 9.81. The Morgan fingerprint density at radius 1 is 1.48 bits per heavy atom. The van der Waals surface area contributed by atoms with Gasteiger partial charge in [0.15, 0.2) is 5.13 Å². The summed E-state index contributed by atoms with van der Waals surface area (Å²) in [4.78, 5) is 15.2. The number of carbonyl (C=O) groups is 1. The molecule has 5 nitrogen and oxygen atoms in total. The van der Waals surface area contributed by atoms with Crippen molar-refractivity contribution >= 4 is 22.5 Å². The third-order valence-corrected chi connectivity index (χ3v) is 3.96. The Kier molecular flexibility index (Phi) is 4.15. The summed E-state index contributed by atoms with van der Waals surface area (Å²) < 4.78 is 5.14. The van der Waals surface area contributed by atoms with Gasteiger partial charge in [0.2, 0.25) is 0 Å². The van der Waals surface area contributed by atoms with E-state index >= 15 is 0 Å². The van der Waals surface area contributed by atoms with Gasteiger partial charge in [-0.1, -0.05) is 18.1 Å². The van der Waals surface area contributed by atoms with E-state index in [0.29, 0.717) is 10.8 Å². The molecule has 1 atom stereocenters. The minimum Gasteiger partial charge on any atom is -0.497 e. The number of hydrogen-bond donors (Lipinski definition) is 2. The maximum absolute atomic E-state index is 10.9. The predicted octanol–water partition coefficient (Wildman–Crippen LogP) is 2.58. The highest BCUT2D eigenvalue weighted by atomic mass is 32.1. The van der Waals surface area contributed by atoms with E-state index in [2.05, 4.69) is 16.2 Å². The number of urea groups is 1. The van der Waals surface area contributed by atoms with Gasteiger partial charge in [-0.05, 0) is 24.6 Å². The molecule has 0 aliphatic rings. The highest BCUT2D eigenvalue weighted by Gasteiger charge is 2.29. The Balaban J connectivity index is 2.38. The van der Waals surface area contributed by atoms with Crippen molar-refractivity contribution in [3.05, 3.63) is 40.9 Å². The zero-order valence-corrected chi connectivity index (χ0v) is 12.5. The number of amides is 2. The number of primary amides is 1. The topological polar surface area (TPSA) is 77.2 Å². The first-order chi connectivity index (χ1) is 9.99. The van der Waals surface area contributed by atoms with Crippen molar-refractivity contribution in [1.82, 2.24) is 4.98 Å². The van der Waals surface area contributed by atoms with Crippen LogP contribution in [0.15, 0.2) is 29.6 Å². The van der Waals surface area contributed by atoms with Crippen LogP contribution in [0.3, 0.4) is 0 Å². The van der Waals surface area contributed by atoms with E-state index in [1.54, 1.807) is 7.11 Å². The summed E-state index contributed by atoms with van der Waals surface area (Å²) in [5.41, 5.74) is 5.99. The number of hydrogen-bond acceptors (Lipinski definition) is 4. The number of methoxy groups -OCH3 is 1. The quantitative estimate of drug-likeness (QED) is 0.852. The number of benzene rings is 1. The normalized spacial score (nSPS) is 13.0. The second-order valence-corrected chi connectivity index (χ2v) is 5.38. The Morgan fingerprint density at radius 2 is 2.14 bits per heavy atom. The highest BCUT2D eigenvalue weighted by molar-refractivity contribution is 7.13. The van der Waals surface area contributed by atoms with E-state index in [1.807, 2.05) is 36.6 Å². The van der Waals surface area contributed by atoms with Gasteiger partial charge in [0, 0.05) is 5.38 Å². The van der Waals surface area contributed by atoms with Crippen molar-refractivity contribution < 1.29 is 9.53 Å². The molecular formula is C15H15N3O2S. The molecule has 2 rings (SSSR count). The molecule has 3 N–H and O–H groups in total. The summed E-state index contributed by atoms with van der Waals surface area (Å²) in [5, 5.41) is 4.69. The van der Waals surface area contributed by atoms with Crippen molar-refractivity contribution in [3.8, 4) is 18.1 Å². The van der Waals surface area contributed by atoms with Gasteiger partial charge in [-0.25, -0.2) is 9.78 Å². The Labute approximate surface area is 127 Å². The van der Waals surface area contributed by atoms with E-state index in [0.717, 1.165) is 11.3 Å². The SMILES string of the molecule is C#CC(C)(c1ccc(OC)cc1)c1csc(NC(N)=O)n1. The standard InChI is InChI=1S/C15H15N3O2S/c1-4-15(2,10-5-7-11(20-3)8-6-10)12-9-21-14(17-12)18-13(16)19/h1,5-9H,2-3H3,(H3,16,17,18,19). The number of aromatic nitrogens is 1. The first kappa shape index (κ1) is 14.9. The first-order valence-electron chi connectivity index (χ1n) is 6.14. The number of ether oxygens (including phenoxy) is 1. The van der Waals surface area contributed by atoms with Crippen molar-refractivity contribution in [3.63, 3.8) is 0 Å². The second-order valence-electron chi connectivity index (χ2n) is 4.52. The van der Waals surface area contributed by atoms with Crippen molar-refractivity contribution in [1.29, 1.82) is 0 Å². The van der Waals surface area contributed by atoms with Crippen LogP contribution < -0.4 is 15.8 Å². The summed E-state index contributed by atoms with van der Waals surface area (Å²) >= 11 is 1.28. The molecule has 0 aliphatic heterocycles. The zero-order chi connectivity index (χ0) is 15.5. The van der Waals surface area contributed by atoms with Crippen molar-refractivity contribution in [2.75, 3.05) is 12.4 Å². The second kappa shape index (κ2) is 5.85. The van der Waals surface area contributed by atoms with Gasteiger partial charge in [-0.3, -0.25) is 5.32 Å². The molecule has 1 aromatic carbocycles. The molecule has 1 unspecified atom stereocenters. The number of nitrogens with two attached hydrogens (primary N) is 1. The van der Waals surface area contributed by atoms with Gasteiger partial charge in [-0.15, -0.1) is 17.8 Å². The first-order valence-corrected chi connectivity index (χ1v) is 7.02. The fraction of sp³-hybridized carbons (Fsp3) is 0.200. The molecule has 2 aromatic rings. The highest BCUT2D eigenvalue weighted by Crippen LogP contribution is 2.34. The molecule has 1 heterocycles. The minimum absolute atomic E-state index is 0.424. The van der Waals surface area contributed by atoms with Gasteiger partial charge in [0.1, 0.15) is 5.75 Å². The summed E-state index contributed by atoms with van der Waals surface area (Å²) in [5.74, 6) is 3.53. The molecule has 21 heavy (non-hydrogen) atoms. The minimum atomic E-state index is -0.694. The monoisotopic (exact) mass is 301 g/mol. The van der Waals surface area contributed by atoms with Crippen LogP contribution in [0.2, 0.25) is 0 Å². The van der Waals surface area contributed by atoms with Gasteiger partial charge in [0.25, 0.3) is 0 Å². The van der Waals surface area contributed by atoms with Gasteiger partial charge < -0.3 is 10.5 Å². The number of anilines is 1. The molecule has 0 aliphatic carbocycles. The summed E-state index contributed by atoms with van der Waals surface area (Å²) in [7, 11) is 1.61. The van der Waals surface area contributed by atoms with Gasteiger partial charge in [-0.2, -0.15) is 0 Å². The number of nitrogens with one attached hydrogen (secondary N) is 1. The molecule has 0 radical (unpaired) electrons. The number of rotatable bonds is 4. The molecular weight excluding hydrogens is 286 g/mol. The van der Waals surface area contributed by atoms with E-state index < -0.39 is 11.4 Å². The largest absolute Gasteiger partial charge is 0.497 e. The lowest BCUT2D eigenvalue weighted by molar-refractivity contribution is 0.259. The number of terminal acetylenes is 1. The van der Waals surface area contributed by atoms with Gasteiger partial charge in [0.05, 0.1) is 18.2 Å². The maximum atomic E-state index is 10.9. The lowest BCUT2D eigenvalue weighted by Gasteiger charge is -2.22. The number of carbonyl (C=O) groups excluding carboxylic acids is 1. The molecule has 0 saturated carbocycles. The van der Waals surface area contributed by atoms with Crippen LogP contribution in [0, 0.1) is 12.3 Å². The van der Waals surface area contributed by atoms with Gasteiger partial charge >= 0.3 is 6.03 Å². The van der Waals surface area contributed by atoms with Crippen LogP contribution in [0.25, 0.3) is 0 Å². The summed E-state index contributed by atoms with van der Waals surface area (Å²) in [6, 6.07) is 6.85.